The zero-order chi connectivity index (χ0) is 25.2. The number of hydrogen-bond donors (Lipinski definition) is 1. The molecule has 0 fully saturated rings. The number of nitrogens with one attached hydrogen (secondary N) is 1. The Hall–Kier alpha value is -3.15. The van der Waals surface area contributed by atoms with Crippen molar-refractivity contribution in [3.63, 3.8) is 0 Å². The van der Waals surface area contributed by atoms with Gasteiger partial charge < -0.3 is 36.1 Å². The Kier molecular flexibility index (Phi) is 11.6. The number of hydrogen-bond acceptors (Lipinski definition) is 7. The molecular formula is C26H31LiN5O4-. The van der Waals surface area contributed by atoms with Crippen LogP contribution in [0.4, 0.5) is 10.6 Å². The summed E-state index contributed by atoms with van der Waals surface area (Å²) in [6, 6.07) is 8.74. The molecule has 0 saturated heterocycles. The van der Waals surface area contributed by atoms with Crippen molar-refractivity contribution in [2.24, 2.45) is 16.1 Å². The number of methoxy groups -OCH3 is 1. The van der Waals surface area contributed by atoms with Crippen LogP contribution in [0.25, 0.3) is 0 Å². The molecule has 0 radical (unpaired) electrons. The molecule has 1 aliphatic heterocycles. The summed E-state index contributed by atoms with van der Waals surface area (Å²) in [5.41, 5.74) is 2.70. The first kappa shape index (κ1) is 29.1. The second kappa shape index (κ2) is 14.4. The van der Waals surface area contributed by atoms with Gasteiger partial charge in [0.05, 0.1) is 19.3 Å². The van der Waals surface area contributed by atoms with Crippen molar-refractivity contribution in [1.29, 1.82) is 0 Å². The fourth-order valence-corrected chi connectivity index (χ4v) is 3.57. The maximum absolute atomic E-state index is 13.1. The second-order valence-electron chi connectivity index (χ2n) is 8.46. The minimum absolute atomic E-state index is 0. The van der Waals surface area contributed by atoms with E-state index in [0.717, 1.165) is 24.0 Å². The van der Waals surface area contributed by atoms with Gasteiger partial charge in [0.1, 0.15) is 11.6 Å². The normalized spacial score (nSPS) is 13.0. The van der Waals surface area contributed by atoms with Crippen molar-refractivity contribution < 1.29 is 37.9 Å². The molecule has 2 amide bonds. The maximum atomic E-state index is 13.1. The molecule has 36 heavy (non-hydrogen) atoms. The van der Waals surface area contributed by atoms with Crippen LogP contribution in [0.5, 0.6) is 5.75 Å². The fourth-order valence-electron chi connectivity index (χ4n) is 3.57. The van der Waals surface area contributed by atoms with E-state index in [0.29, 0.717) is 54.9 Å². The van der Waals surface area contributed by atoms with Gasteiger partial charge in [-0.05, 0) is 48.6 Å². The summed E-state index contributed by atoms with van der Waals surface area (Å²) < 4.78 is 10.6. The monoisotopic (exact) mass is 484 g/mol. The zero-order valence-corrected chi connectivity index (χ0v) is 21.6. The number of carbonyl (C=O) groups is 2. The van der Waals surface area contributed by atoms with Crippen molar-refractivity contribution >= 4 is 30.2 Å². The van der Waals surface area contributed by atoms with Crippen LogP contribution in [-0.2, 0) is 17.7 Å². The molecule has 0 saturated carbocycles. The maximum Gasteiger partial charge on any atom is 1.00 e. The van der Waals surface area contributed by atoms with E-state index < -0.39 is 0 Å². The number of ether oxygens (including phenoxy) is 2. The molecule has 0 atom stereocenters. The average Bonchev–Trinajstić information content (AvgIpc) is 2.85. The summed E-state index contributed by atoms with van der Waals surface area (Å²) in [4.78, 5) is 31.2. The number of rotatable bonds is 9. The molecule has 1 aromatic heterocycles. The molecule has 0 spiro atoms. The van der Waals surface area contributed by atoms with Gasteiger partial charge in [0.2, 0.25) is 0 Å². The van der Waals surface area contributed by atoms with Crippen molar-refractivity contribution in [2.45, 2.75) is 46.6 Å². The van der Waals surface area contributed by atoms with Gasteiger partial charge in [-0.15, -0.1) is 6.07 Å². The summed E-state index contributed by atoms with van der Waals surface area (Å²) in [5.74, 6) is 1.01. The Bertz CT molecular complexity index is 1100. The van der Waals surface area contributed by atoms with E-state index in [1.165, 1.54) is 7.11 Å². The summed E-state index contributed by atoms with van der Waals surface area (Å²) in [5, 5.41) is 10.5. The second-order valence-corrected chi connectivity index (χ2v) is 8.46. The van der Waals surface area contributed by atoms with Crippen LogP contribution in [0.3, 0.4) is 0 Å². The molecule has 0 unspecified atom stereocenters. The van der Waals surface area contributed by atoms with E-state index in [1.54, 1.807) is 36.1 Å². The van der Waals surface area contributed by atoms with E-state index >= 15 is 0 Å². The van der Waals surface area contributed by atoms with Crippen LogP contribution in [0.2, 0.25) is 0 Å². The Morgan fingerprint density at radius 3 is 2.75 bits per heavy atom. The van der Waals surface area contributed by atoms with Crippen molar-refractivity contribution in [3.05, 3.63) is 52.7 Å². The van der Waals surface area contributed by atoms with Crippen LogP contribution in [0, 0.1) is 5.92 Å². The summed E-state index contributed by atoms with van der Waals surface area (Å²) in [7, 11) is 1.52. The number of anilines is 1. The first-order valence-electron chi connectivity index (χ1n) is 11.7. The summed E-state index contributed by atoms with van der Waals surface area (Å²) in [6.45, 7) is 7.28. The number of fused-ring (bicyclic) bond motifs is 1. The SMILES string of the molecule is CCOC(=O)N1CCc2cc(OC)c(C(=O)Nc3cccc([C-]=NN=[C-]CCC(C)C)n3)cc2C1.[Li+]. The quantitative estimate of drug-likeness (QED) is 0.251. The number of amides is 2. The Balaban J connectivity index is 0.00000456. The Morgan fingerprint density at radius 1 is 1.22 bits per heavy atom. The van der Waals surface area contributed by atoms with Gasteiger partial charge in [-0.3, -0.25) is 9.78 Å². The van der Waals surface area contributed by atoms with Crippen LogP contribution in [0.15, 0.2) is 40.5 Å². The third kappa shape index (κ3) is 8.21. The minimum Gasteiger partial charge on any atom is -0.496 e. The molecule has 9 nitrogen and oxygen atoms in total. The topological polar surface area (TPSA) is 105 Å². The van der Waals surface area contributed by atoms with Crippen molar-refractivity contribution in [1.82, 2.24) is 9.88 Å². The molecule has 0 bridgehead atoms. The van der Waals surface area contributed by atoms with Gasteiger partial charge >= 0.3 is 25.0 Å². The molecule has 2 aromatic rings. The number of carbonyl (C=O) groups excluding carboxylic acids is 2. The van der Waals surface area contributed by atoms with Gasteiger partial charge in [-0.2, -0.15) is 12.5 Å². The molecule has 0 aliphatic carbocycles. The molecule has 1 N–H and O–H groups in total. The van der Waals surface area contributed by atoms with E-state index in [-0.39, 0.29) is 30.9 Å². The van der Waals surface area contributed by atoms with Crippen molar-refractivity contribution in [2.75, 3.05) is 25.6 Å². The van der Waals surface area contributed by atoms with E-state index in [4.69, 9.17) is 9.47 Å². The first-order valence-corrected chi connectivity index (χ1v) is 11.7. The van der Waals surface area contributed by atoms with Crippen LogP contribution < -0.4 is 28.9 Å². The molecule has 3 rings (SSSR count). The number of aromatic nitrogens is 1. The van der Waals surface area contributed by atoms with Gasteiger partial charge in [0.25, 0.3) is 5.91 Å². The molecule has 1 aromatic carbocycles. The smallest absolute Gasteiger partial charge is 0.496 e. The minimum atomic E-state index is -0.375. The van der Waals surface area contributed by atoms with Crippen LogP contribution >= 0.6 is 0 Å². The third-order valence-electron chi connectivity index (χ3n) is 5.41. The van der Waals surface area contributed by atoms with Crippen molar-refractivity contribution in [3.8, 4) is 5.75 Å². The van der Waals surface area contributed by atoms with Gasteiger partial charge in [-0.1, -0.05) is 32.2 Å². The summed E-state index contributed by atoms with van der Waals surface area (Å²) in [6.07, 6.45) is 7.61. The fraction of sp³-hybridized carbons (Fsp3) is 0.423. The van der Waals surface area contributed by atoms with E-state index in [2.05, 4.69) is 46.8 Å². The summed E-state index contributed by atoms with van der Waals surface area (Å²) >= 11 is 0. The van der Waals surface area contributed by atoms with Crippen LogP contribution in [-0.4, -0.2) is 54.6 Å². The largest absolute Gasteiger partial charge is 1.00 e. The first-order chi connectivity index (χ1) is 16.9. The average molecular weight is 485 g/mol. The predicted octanol–water partition coefficient (Wildman–Crippen LogP) is 1.46. The molecule has 2 heterocycles. The zero-order valence-electron chi connectivity index (χ0n) is 21.6. The predicted molar refractivity (Wildman–Crippen MR) is 134 cm³/mol. The third-order valence-corrected chi connectivity index (χ3v) is 5.41. The standard InChI is InChI=1S/C26H31N5O4.Li/c1-5-35-26(33)31-13-11-19-15-23(34-4)22(14-20(19)17-31)25(32)30-24-10-6-9-21(29-24)16-28-27-12-7-8-18(2)3;/h6,9-10,14-15,18H,5,7-8,11,13,17H2,1-4H3,(H,29,30,32);/q-2;+1. The van der Waals surface area contributed by atoms with Gasteiger partial charge in [0.15, 0.2) is 0 Å². The number of benzene rings is 1. The van der Waals surface area contributed by atoms with Gasteiger partial charge in [-0.25, -0.2) is 4.79 Å². The Morgan fingerprint density at radius 2 is 2.03 bits per heavy atom. The van der Waals surface area contributed by atoms with E-state index in [1.807, 2.05) is 6.07 Å². The van der Waals surface area contributed by atoms with Crippen LogP contribution in [0.1, 0.15) is 60.8 Å². The number of nitrogens with zero attached hydrogens (tertiary/aromatic N) is 4. The molecular weight excluding hydrogens is 453 g/mol. The number of pyridine rings is 1. The Labute approximate surface area is 224 Å². The molecule has 186 valence electrons. The molecule has 10 heteroatoms. The molecule has 1 aliphatic rings. The van der Waals surface area contributed by atoms with Gasteiger partial charge in [0, 0.05) is 13.1 Å². The van der Waals surface area contributed by atoms with E-state index in [9.17, 15) is 9.59 Å².